The number of unbranched alkanes of at least 4 members (excludes halogenated alkanes) is 2. The van der Waals surface area contributed by atoms with Crippen LogP contribution in [-0.4, -0.2) is 60.6 Å². The number of nitrogens with one attached hydrogen (secondary N) is 2. The Bertz CT molecular complexity index is 1110. The van der Waals surface area contributed by atoms with Gasteiger partial charge in [0.2, 0.25) is 11.8 Å². The van der Waals surface area contributed by atoms with E-state index in [0.29, 0.717) is 12.0 Å². The van der Waals surface area contributed by atoms with Crippen LogP contribution >= 0.6 is 0 Å². The molecule has 40 heavy (non-hydrogen) atoms. The van der Waals surface area contributed by atoms with Crippen LogP contribution in [0.5, 0.6) is 0 Å². The van der Waals surface area contributed by atoms with E-state index in [-0.39, 0.29) is 19.5 Å². The summed E-state index contributed by atoms with van der Waals surface area (Å²) in [6.07, 6.45) is 1.89. The fourth-order valence-electron chi connectivity index (χ4n) is 4.15. The van der Waals surface area contributed by atoms with Crippen LogP contribution in [0.3, 0.4) is 0 Å². The van der Waals surface area contributed by atoms with E-state index in [2.05, 4.69) is 22.3 Å². The molecule has 2 aromatic rings. The van der Waals surface area contributed by atoms with Crippen LogP contribution in [0.1, 0.15) is 69.7 Å². The Balaban J connectivity index is 2.53. The number of carbonyl (C=O) groups is 4. The number of hydrogen-bond donors (Lipinski definition) is 2. The molecule has 0 radical (unpaired) electrons. The highest BCUT2D eigenvalue weighted by Crippen LogP contribution is 2.25. The van der Waals surface area contributed by atoms with E-state index in [9.17, 15) is 19.2 Å². The topological polar surface area (TPSA) is 114 Å². The van der Waals surface area contributed by atoms with E-state index in [1.54, 1.807) is 32.9 Å². The molecule has 0 aliphatic carbocycles. The van der Waals surface area contributed by atoms with Crippen molar-refractivity contribution in [1.29, 1.82) is 0 Å². The highest BCUT2D eigenvalue weighted by molar-refractivity contribution is 5.93. The molecule has 0 aliphatic rings. The third-order valence-corrected chi connectivity index (χ3v) is 6.15. The van der Waals surface area contributed by atoms with E-state index in [4.69, 9.17) is 4.74 Å². The van der Waals surface area contributed by atoms with Gasteiger partial charge < -0.3 is 25.0 Å². The van der Waals surface area contributed by atoms with Gasteiger partial charge in [-0.25, -0.2) is 4.79 Å². The van der Waals surface area contributed by atoms with E-state index in [1.807, 2.05) is 49.4 Å². The lowest BCUT2D eigenvalue weighted by molar-refractivity contribution is -0.144. The standard InChI is InChI=1S/C31H43N3O6/c1-7-8-12-19-34(27(24-17-15-22(2)16-18-24)28(36)32-21-26(35)39-6)29(37)25(20-23-13-10-9-11-14-23)33-30(38)40-31(3,4)5/h9-11,13-18,25,27H,7-8,12,19-21H2,1-6H3,(H,32,36)(H,33,38). The molecule has 0 spiro atoms. The Hall–Kier alpha value is -3.88. The third-order valence-electron chi connectivity index (χ3n) is 6.15. The van der Waals surface area contributed by atoms with Crippen LogP contribution in [-0.2, 0) is 30.3 Å². The summed E-state index contributed by atoms with van der Waals surface area (Å²) in [4.78, 5) is 54.0. The molecule has 2 atom stereocenters. The van der Waals surface area contributed by atoms with Gasteiger partial charge in [0.1, 0.15) is 24.2 Å². The van der Waals surface area contributed by atoms with E-state index < -0.39 is 41.6 Å². The summed E-state index contributed by atoms with van der Waals surface area (Å²) in [7, 11) is 1.24. The summed E-state index contributed by atoms with van der Waals surface area (Å²) >= 11 is 0. The first kappa shape index (κ1) is 32.3. The molecule has 9 nitrogen and oxygen atoms in total. The number of methoxy groups -OCH3 is 1. The number of amides is 3. The zero-order chi connectivity index (χ0) is 29.7. The molecule has 2 N–H and O–H groups in total. The maximum atomic E-state index is 14.3. The van der Waals surface area contributed by atoms with Crippen molar-refractivity contribution in [2.45, 2.75) is 78.0 Å². The quantitative estimate of drug-likeness (QED) is 0.279. The first-order chi connectivity index (χ1) is 18.9. The molecule has 9 heteroatoms. The first-order valence-electron chi connectivity index (χ1n) is 13.7. The Labute approximate surface area is 237 Å². The molecule has 0 heterocycles. The Morgan fingerprint density at radius 3 is 2.17 bits per heavy atom. The minimum atomic E-state index is -1.03. The third kappa shape index (κ3) is 10.7. The van der Waals surface area contributed by atoms with Gasteiger partial charge in [-0.15, -0.1) is 0 Å². The van der Waals surface area contributed by atoms with Crippen molar-refractivity contribution in [2.24, 2.45) is 0 Å². The number of aryl methyl sites for hydroxylation is 1. The largest absolute Gasteiger partial charge is 0.468 e. The second-order valence-electron chi connectivity index (χ2n) is 10.7. The van der Waals surface area contributed by atoms with Crippen LogP contribution in [0, 0.1) is 6.92 Å². The number of benzene rings is 2. The first-order valence-corrected chi connectivity index (χ1v) is 13.7. The number of hydrogen-bond acceptors (Lipinski definition) is 6. The second-order valence-corrected chi connectivity index (χ2v) is 10.7. The zero-order valence-electron chi connectivity index (χ0n) is 24.5. The van der Waals surface area contributed by atoms with Crippen molar-refractivity contribution in [3.05, 3.63) is 71.3 Å². The minimum Gasteiger partial charge on any atom is -0.468 e. The highest BCUT2D eigenvalue weighted by Gasteiger charge is 2.36. The van der Waals surface area contributed by atoms with Crippen LogP contribution in [0.15, 0.2) is 54.6 Å². The molecule has 0 fully saturated rings. The van der Waals surface area contributed by atoms with Gasteiger partial charge in [-0.3, -0.25) is 14.4 Å². The van der Waals surface area contributed by atoms with Gasteiger partial charge in [0.15, 0.2) is 0 Å². The number of esters is 1. The summed E-state index contributed by atoms with van der Waals surface area (Å²) in [6, 6.07) is 14.6. The monoisotopic (exact) mass is 553 g/mol. The van der Waals surface area contributed by atoms with Crippen molar-refractivity contribution in [3.8, 4) is 0 Å². The summed E-state index contributed by atoms with van der Waals surface area (Å²) < 4.78 is 10.1. The molecular formula is C31H43N3O6. The smallest absolute Gasteiger partial charge is 0.408 e. The normalized spacial score (nSPS) is 12.6. The van der Waals surface area contributed by atoms with E-state index in [1.165, 1.54) is 12.0 Å². The molecular weight excluding hydrogens is 510 g/mol. The summed E-state index contributed by atoms with van der Waals surface area (Å²) in [5, 5.41) is 5.36. The number of carbonyl (C=O) groups excluding carboxylic acids is 4. The number of rotatable bonds is 13. The predicted molar refractivity (Wildman–Crippen MR) is 153 cm³/mol. The van der Waals surface area contributed by atoms with Gasteiger partial charge in [-0.1, -0.05) is 79.9 Å². The molecule has 218 valence electrons. The zero-order valence-corrected chi connectivity index (χ0v) is 24.5. The van der Waals surface area contributed by atoms with Gasteiger partial charge >= 0.3 is 12.1 Å². The Kier molecular flexibility index (Phi) is 12.6. The second kappa shape index (κ2) is 15.6. The maximum Gasteiger partial charge on any atom is 0.408 e. The molecule has 2 rings (SSSR count). The number of nitrogens with zero attached hydrogens (tertiary/aromatic N) is 1. The van der Waals surface area contributed by atoms with Crippen molar-refractivity contribution in [3.63, 3.8) is 0 Å². The maximum absolute atomic E-state index is 14.3. The predicted octanol–water partition coefficient (Wildman–Crippen LogP) is 4.48. The molecule has 0 aromatic heterocycles. The fourth-order valence-corrected chi connectivity index (χ4v) is 4.15. The molecule has 2 aromatic carbocycles. The van der Waals surface area contributed by atoms with Gasteiger partial charge in [0, 0.05) is 13.0 Å². The van der Waals surface area contributed by atoms with Crippen LogP contribution in [0.4, 0.5) is 4.79 Å². The van der Waals surface area contributed by atoms with Crippen LogP contribution in [0.25, 0.3) is 0 Å². The Morgan fingerprint density at radius 2 is 1.60 bits per heavy atom. The molecule has 0 bridgehead atoms. The van der Waals surface area contributed by atoms with Gasteiger partial charge in [-0.05, 0) is 45.2 Å². The average molecular weight is 554 g/mol. The number of ether oxygens (including phenoxy) is 2. The van der Waals surface area contributed by atoms with Crippen molar-refractivity contribution >= 4 is 23.9 Å². The van der Waals surface area contributed by atoms with Crippen molar-refractivity contribution in [1.82, 2.24) is 15.5 Å². The van der Waals surface area contributed by atoms with Crippen LogP contribution < -0.4 is 10.6 Å². The molecule has 0 aliphatic heterocycles. The van der Waals surface area contributed by atoms with Crippen molar-refractivity contribution in [2.75, 3.05) is 20.2 Å². The Morgan fingerprint density at radius 1 is 0.950 bits per heavy atom. The molecule has 2 unspecified atom stereocenters. The number of alkyl carbamates (subject to hydrolysis) is 1. The van der Waals surface area contributed by atoms with Gasteiger partial charge in [0.05, 0.1) is 7.11 Å². The molecule has 0 saturated heterocycles. The lowest BCUT2D eigenvalue weighted by Crippen LogP contribution is -2.54. The lowest BCUT2D eigenvalue weighted by atomic mass is 9.99. The van der Waals surface area contributed by atoms with Gasteiger partial charge in [0.25, 0.3) is 0 Å². The summed E-state index contributed by atoms with van der Waals surface area (Å²) in [5.41, 5.74) is 1.67. The SMILES string of the molecule is CCCCCN(C(=O)C(Cc1ccccc1)NC(=O)OC(C)(C)C)C(C(=O)NCC(=O)OC)c1ccc(C)cc1. The van der Waals surface area contributed by atoms with E-state index >= 15 is 0 Å². The molecule has 3 amide bonds. The van der Waals surface area contributed by atoms with Crippen molar-refractivity contribution < 1.29 is 28.7 Å². The van der Waals surface area contributed by atoms with Crippen LogP contribution in [0.2, 0.25) is 0 Å². The fraction of sp³-hybridized carbons (Fsp3) is 0.484. The summed E-state index contributed by atoms with van der Waals surface area (Å²) in [5.74, 6) is -1.55. The minimum absolute atomic E-state index is 0.202. The lowest BCUT2D eigenvalue weighted by Gasteiger charge is -2.34. The van der Waals surface area contributed by atoms with E-state index in [0.717, 1.165) is 24.0 Å². The molecule has 0 saturated carbocycles. The summed E-state index contributed by atoms with van der Waals surface area (Å²) in [6.45, 7) is 9.16. The van der Waals surface area contributed by atoms with Gasteiger partial charge in [-0.2, -0.15) is 0 Å². The average Bonchev–Trinajstić information content (AvgIpc) is 2.90. The highest BCUT2D eigenvalue weighted by atomic mass is 16.6.